The van der Waals surface area contributed by atoms with Crippen molar-refractivity contribution in [2.45, 2.75) is 19.3 Å². The molecule has 0 saturated carbocycles. The first kappa shape index (κ1) is 18.5. The summed E-state index contributed by atoms with van der Waals surface area (Å²) >= 11 is 0. The van der Waals surface area contributed by atoms with Gasteiger partial charge in [0, 0.05) is 18.5 Å². The molecule has 0 aliphatic rings. The predicted molar refractivity (Wildman–Crippen MR) is 77.6 cm³/mol. The van der Waals surface area contributed by atoms with E-state index >= 15 is 0 Å². The number of nitrogens with one attached hydrogen (secondary N) is 2. The van der Waals surface area contributed by atoms with E-state index in [2.05, 4.69) is 15.4 Å². The van der Waals surface area contributed by atoms with Gasteiger partial charge in [0.25, 0.3) is 5.91 Å². The number of hydrogen-bond donors (Lipinski definition) is 2. The van der Waals surface area contributed by atoms with Crippen LogP contribution in [0.4, 0.5) is 8.78 Å². The fourth-order valence-electron chi connectivity index (χ4n) is 1.69. The summed E-state index contributed by atoms with van der Waals surface area (Å²) in [6, 6.07) is 2.72. The normalized spacial score (nSPS) is 10.0. The molecule has 0 aromatic heterocycles. The van der Waals surface area contributed by atoms with Crippen LogP contribution in [0.2, 0.25) is 0 Å². The average molecular weight is 328 g/mol. The highest BCUT2D eigenvalue weighted by atomic mass is 19.2. The second kappa shape index (κ2) is 9.50. The number of carbonyl (C=O) groups excluding carboxylic acids is 3. The topological polar surface area (TPSA) is 84.5 Å². The summed E-state index contributed by atoms with van der Waals surface area (Å²) in [5.41, 5.74) is -0.0743. The number of ether oxygens (including phenoxy) is 1. The highest BCUT2D eigenvalue weighted by Crippen LogP contribution is 2.08. The minimum absolute atomic E-state index is 0.0743. The number of halogens is 2. The first-order chi connectivity index (χ1) is 10.9. The first-order valence-corrected chi connectivity index (χ1v) is 7.00. The Bertz CT molecular complexity index is 579. The summed E-state index contributed by atoms with van der Waals surface area (Å²) in [5, 5.41) is 4.86. The van der Waals surface area contributed by atoms with E-state index in [9.17, 15) is 23.2 Å². The summed E-state index contributed by atoms with van der Waals surface area (Å²) in [7, 11) is 1.31. The Morgan fingerprint density at radius 2 is 1.83 bits per heavy atom. The van der Waals surface area contributed by atoms with Gasteiger partial charge in [-0.2, -0.15) is 0 Å². The second-order valence-electron chi connectivity index (χ2n) is 4.69. The molecule has 126 valence electrons. The van der Waals surface area contributed by atoms with Crippen molar-refractivity contribution in [2.24, 2.45) is 0 Å². The molecule has 1 aromatic carbocycles. The summed E-state index contributed by atoms with van der Waals surface area (Å²) in [6.07, 6.45) is 1.45. The maximum atomic E-state index is 13.0. The average Bonchev–Trinajstić information content (AvgIpc) is 2.54. The minimum Gasteiger partial charge on any atom is -0.469 e. The van der Waals surface area contributed by atoms with Gasteiger partial charge in [0.2, 0.25) is 5.91 Å². The quantitative estimate of drug-likeness (QED) is 0.554. The van der Waals surface area contributed by atoms with Crippen LogP contribution in [-0.2, 0) is 14.3 Å². The lowest BCUT2D eigenvalue weighted by atomic mass is 10.2. The molecule has 2 amide bonds. The molecule has 2 N–H and O–H groups in total. The number of hydrogen-bond acceptors (Lipinski definition) is 4. The Hall–Kier alpha value is -2.51. The van der Waals surface area contributed by atoms with Crippen molar-refractivity contribution in [3.05, 3.63) is 35.4 Å². The van der Waals surface area contributed by atoms with Crippen LogP contribution >= 0.6 is 0 Å². The van der Waals surface area contributed by atoms with Gasteiger partial charge in [0.15, 0.2) is 11.6 Å². The second-order valence-corrected chi connectivity index (χ2v) is 4.69. The fraction of sp³-hybridized carbons (Fsp3) is 0.400. The Balaban J connectivity index is 2.23. The third-order valence-electron chi connectivity index (χ3n) is 2.95. The Morgan fingerprint density at radius 1 is 1.09 bits per heavy atom. The van der Waals surface area contributed by atoms with Crippen LogP contribution in [0.25, 0.3) is 0 Å². The Morgan fingerprint density at radius 3 is 2.48 bits per heavy atom. The van der Waals surface area contributed by atoms with Gasteiger partial charge in [-0.3, -0.25) is 14.4 Å². The standard InChI is InChI=1S/C15H18F2N2O4/c1-23-14(21)4-2-3-7-18-13(20)9-19-15(22)10-5-6-11(16)12(17)8-10/h5-6,8H,2-4,7,9H2,1H3,(H,18,20)(H,19,22). The molecule has 0 heterocycles. The van der Waals surface area contributed by atoms with Crippen LogP contribution in [0.1, 0.15) is 29.6 Å². The van der Waals surface area contributed by atoms with E-state index in [-0.39, 0.29) is 24.5 Å². The van der Waals surface area contributed by atoms with Gasteiger partial charge < -0.3 is 15.4 Å². The minimum atomic E-state index is -1.13. The summed E-state index contributed by atoms with van der Waals surface area (Å²) in [5.74, 6) is -3.59. The summed E-state index contributed by atoms with van der Waals surface area (Å²) < 4.78 is 30.2. The zero-order valence-corrected chi connectivity index (χ0v) is 12.7. The third-order valence-corrected chi connectivity index (χ3v) is 2.95. The van der Waals surface area contributed by atoms with Crippen molar-refractivity contribution < 1.29 is 27.9 Å². The molecule has 1 rings (SSSR count). The number of carbonyl (C=O) groups is 3. The lowest BCUT2D eigenvalue weighted by Gasteiger charge is -2.07. The molecule has 0 bridgehead atoms. The third kappa shape index (κ3) is 6.86. The van der Waals surface area contributed by atoms with Crippen LogP contribution in [0.15, 0.2) is 18.2 Å². The molecule has 0 saturated heterocycles. The van der Waals surface area contributed by atoms with Crippen molar-refractivity contribution in [1.29, 1.82) is 0 Å². The van der Waals surface area contributed by atoms with E-state index in [0.717, 1.165) is 18.2 Å². The lowest BCUT2D eigenvalue weighted by Crippen LogP contribution is -2.37. The molecule has 1 aromatic rings. The lowest BCUT2D eigenvalue weighted by molar-refractivity contribution is -0.140. The maximum Gasteiger partial charge on any atom is 0.305 e. The van der Waals surface area contributed by atoms with Crippen molar-refractivity contribution in [2.75, 3.05) is 20.2 Å². The molecule has 23 heavy (non-hydrogen) atoms. The molecule has 0 aliphatic carbocycles. The number of esters is 1. The van der Waals surface area contributed by atoms with Gasteiger partial charge in [-0.15, -0.1) is 0 Å². The van der Waals surface area contributed by atoms with Crippen molar-refractivity contribution in [3.8, 4) is 0 Å². The van der Waals surface area contributed by atoms with E-state index in [4.69, 9.17) is 0 Å². The van der Waals surface area contributed by atoms with Gasteiger partial charge in [-0.1, -0.05) is 0 Å². The molecule has 0 aliphatic heterocycles. The SMILES string of the molecule is COC(=O)CCCCNC(=O)CNC(=O)c1ccc(F)c(F)c1. The molecular weight excluding hydrogens is 310 g/mol. The van der Waals surface area contributed by atoms with Gasteiger partial charge in [-0.25, -0.2) is 8.78 Å². The van der Waals surface area contributed by atoms with E-state index in [1.54, 1.807) is 0 Å². The van der Waals surface area contributed by atoms with Gasteiger partial charge in [0.05, 0.1) is 13.7 Å². The molecular formula is C15H18F2N2O4. The van der Waals surface area contributed by atoms with Crippen molar-refractivity contribution in [3.63, 3.8) is 0 Å². The smallest absolute Gasteiger partial charge is 0.305 e. The number of amides is 2. The zero-order valence-electron chi connectivity index (χ0n) is 12.7. The number of benzene rings is 1. The molecule has 0 atom stereocenters. The molecule has 0 fully saturated rings. The summed E-state index contributed by atoms with van der Waals surface area (Å²) in [4.78, 5) is 34.0. The van der Waals surface area contributed by atoms with Gasteiger partial charge >= 0.3 is 5.97 Å². The first-order valence-electron chi connectivity index (χ1n) is 7.00. The van der Waals surface area contributed by atoms with Crippen LogP contribution in [-0.4, -0.2) is 38.0 Å². The molecule has 0 radical (unpaired) electrons. The van der Waals surface area contributed by atoms with Crippen LogP contribution in [0, 0.1) is 11.6 Å². The fourth-order valence-corrected chi connectivity index (χ4v) is 1.69. The van der Waals surface area contributed by atoms with E-state index in [0.29, 0.717) is 19.4 Å². The number of rotatable bonds is 8. The Kier molecular flexibility index (Phi) is 7.65. The maximum absolute atomic E-state index is 13.0. The van der Waals surface area contributed by atoms with Gasteiger partial charge in [0.1, 0.15) is 0 Å². The largest absolute Gasteiger partial charge is 0.469 e. The molecule has 0 unspecified atom stereocenters. The Labute approximate surface area is 132 Å². The van der Waals surface area contributed by atoms with Crippen molar-refractivity contribution in [1.82, 2.24) is 10.6 Å². The van der Waals surface area contributed by atoms with Crippen molar-refractivity contribution >= 4 is 17.8 Å². The van der Waals surface area contributed by atoms with Gasteiger partial charge in [-0.05, 0) is 31.0 Å². The van der Waals surface area contributed by atoms with Crippen LogP contribution < -0.4 is 10.6 Å². The number of unbranched alkanes of at least 4 members (excludes halogenated alkanes) is 1. The molecule has 6 nitrogen and oxygen atoms in total. The van der Waals surface area contributed by atoms with E-state index in [1.807, 2.05) is 0 Å². The monoisotopic (exact) mass is 328 g/mol. The summed E-state index contributed by atoms with van der Waals surface area (Å²) in [6.45, 7) is 0.0751. The molecule has 0 spiro atoms. The van der Waals surface area contributed by atoms with Crippen LogP contribution in [0.3, 0.4) is 0 Å². The number of methoxy groups -OCH3 is 1. The zero-order chi connectivity index (χ0) is 17.2. The van der Waals surface area contributed by atoms with E-state index in [1.165, 1.54) is 7.11 Å². The molecule has 8 heteroatoms. The highest BCUT2D eigenvalue weighted by molar-refractivity contribution is 5.96. The van der Waals surface area contributed by atoms with E-state index < -0.39 is 23.4 Å². The van der Waals surface area contributed by atoms with Crippen LogP contribution in [0.5, 0.6) is 0 Å². The predicted octanol–water partition coefficient (Wildman–Crippen LogP) is 1.15. The highest BCUT2D eigenvalue weighted by Gasteiger charge is 2.11.